The average molecular weight is 487 g/mol. The van der Waals surface area contributed by atoms with E-state index in [4.69, 9.17) is 9.47 Å². The number of Topliss-reactive ketones (excluding diaryl/α,β-unsaturated/α-hetero) is 1. The Labute approximate surface area is 213 Å². The van der Waals surface area contributed by atoms with Crippen LogP contribution in [0.4, 0.5) is 0 Å². The molecule has 0 unspecified atom stereocenters. The first kappa shape index (κ1) is 25.7. The van der Waals surface area contributed by atoms with Gasteiger partial charge in [0.2, 0.25) is 0 Å². The smallest absolute Gasteiger partial charge is 0.306 e. The Kier molecular flexibility index (Phi) is 7.69. The van der Waals surface area contributed by atoms with Crippen molar-refractivity contribution >= 4 is 11.8 Å². The quantitative estimate of drug-likeness (QED) is 0.173. The Hall–Kier alpha value is -0.900. The molecule has 0 aromatic rings. The average Bonchev–Trinajstić information content (AvgIpc) is 3.49. The number of hydrogen-bond donors (Lipinski definition) is 0. The van der Waals surface area contributed by atoms with E-state index in [1.165, 1.54) is 51.4 Å². The Morgan fingerprint density at radius 2 is 1.60 bits per heavy atom. The fourth-order valence-corrected chi connectivity index (χ4v) is 9.26. The summed E-state index contributed by atoms with van der Waals surface area (Å²) in [6.07, 6.45) is 20.0. The molecule has 5 fully saturated rings. The molecule has 0 bridgehead atoms. The first-order valence-corrected chi connectivity index (χ1v) is 15.2. The summed E-state index contributed by atoms with van der Waals surface area (Å²) < 4.78 is 12.1. The normalized spacial score (nSPS) is 43.6. The molecule has 5 rings (SSSR count). The van der Waals surface area contributed by atoms with Crippen molar-refractivity contribution < 1.29 is 19.1 Å². The van der Waals surface area contributed by atoms with Crippen LogP contribution in [0.3, 0.4) is 0 Å². The molecule has 0 aromatic carbocycles. The van der Waals surface area contributed by atoms with E-state index in [1.807, 2.05) is 0 Å². The fourth-order valence-electron chi connectivity index (χ4n) is 9.26. The molecule has 4 saturated carbocycles. The number of ketones is 1. The number of esters is 1. The highest BCUT2D eigenvalue weighted by Crippen LogP contribution is 2.67. The van der Waals surface area contributed by atoms with Crippen LogP contribution in [0.25, 0.3) is 0 Å². The van der Waals surface area contributed by atoms with Crippen molar-refractivity contribution in [2.75, 3.05) is 0 Å². The highest BCUT2D eigenvalue weighted by Gasteiger charge is 2.66. The van der Waals surface area contributed by atoms with Gasteiger partial charge < -0.3 is 9.47 Å². The molecule has 1 aliphatic heterocycles. The maximum atomic E-state index is 13.3. The molecule has 9 atom stereocenters. The van der Waals surface area contributed by atoms with Gasteiger partial charge in [0, 0.05) is 24.2 Å². The van der Waals surface area contributed by atoms with Gasteiger partial charge in [-0.3, -0.25) is 9.59 Å². The number of carbonyl (C=O) groups excluding carboxylic acids is 2. The molecular weight excluding hydrogens is 436 g/mol. The van der Waals surface area contributed by atoms with Crippen LogP contribution in [-0.4, -0.2) is 30.1 Å². The molecule has 4 aliphatic carbocycles. The third kappa shape index (κ3) is 4.99. The van der Waals surface area contributed by atoms with Gasteiger partial charge in [-0.25, -0.2) is 0 Å². The Morgan fingerprint density at radius 1 is 0.914 bits per heavy atom. The molecule has 1 heterocycles. The second kappa shape index (κ2) is 10.5. The molecule has 0 spiro atoms. The summed E-state index contributed by atoms with van der Waals surface area (Å²) in [6.45, 7) is 7.04. The maximum Gasteiger partial charge on any atom is 0.306 e. The number of hydrogen-bond acceptors (Lipinski definition) is 4. The Balaban J connectivity index is 1.10. The van der Waals surface area contributed by atoms with Crippen LogP contribution in [0.2, 0.25) is 0 Å². The molecule has 1 saturated heterocycles. The molecular formula is C31H50O4. The molecule has 5 aliphatic rings. The van der Waals surface area contributed by atoms with Crippen LogP contribution >= 0.6 is 0 Å². The van der Waals surface area contributed by atoms with Crippen molar-refractivity contribution in [1.82, 2.24) is 0 Å². The second-order valence-electron chi connectivity index (χ2n) is 13.4. The van der Waals surface area contributed by atoms with Gasteiger partial charge in [0.1, 0.15) is 11.9 Å². The van der Waals surface area contributed by atoms with Crippen LogP contribution in [0.5, 0.6) is 0 Å². The summed E-state index contributed by atoms with van der Waals surface area (Å²) in [5, 5.41) is 0. The van der Waals surface area contributed by atoms with E-state index >= 15 is 0 Å². The van der Waals surface area contributed by atoms with Crippen LogP contribution in [0.1, 0.15) is 130 Å². The van der Waals surface area contributed by atoms with Gasteiger partial charge in [0.25, 0.3) is 0 Å². The summed E-state index contributed by atoms with van der Waals surface area (Å²) in [6, 6.07) is 0. The number of fused-ring (bicyclic) bond motifs is 6. The van der Waals surface area contributed by atoms with E-state index in [-0.39, 0.29) is 28.8 Å². The van der Waals surface area contributed by atoms with Crippen LogP contribution in [0, 0.1) is 34.5 Å². The highest BCUT2D eigenvalue weighted by atomic mass is 16.6. The van der Waals surface area contributed by atoms with Gasteiger partial charge in [-0.1, -0.05) is 72.1 Å². The summed E-state index contributed by atoms with van der Waals surface area (Å²) in [4.78, 5) is 26.1. The van der Waals surface area contributed by atoms with E-state index in [0.717, 1.165) is 51.4 Å². The predicted molar refractivity (Wildman–Crippen MR) is 138 cm³/mol. The predicted octanol–water partition coefficient (Wildman–Crippen LogP) is 7.42. The number of unbranched alkanes of at least 4 members (excludes halogenated alkanes) is 8. The van der Waals surface area contributed by atoms with Crippen LogP contribution in [-0.2, 0) is 19.1 Å². The minimum atomic E-state index is 0.0119. The van der Waals surface area contributed by atoms with E-state index in [0.29, 0.717) is 42.2 Å². The van der Waals surface area contributed by atoms with Crippen LogP contribution < -0.4 is 0 Å². The molecule has 0 amide bonds. The summed E-state index contributed by atoms with van der Waals surface area (Å²) in [7, 11) is 0. The molecule has 0 radical (unpaired) electrons. The standard InChI is InChI=1S/C31H50O4/c1-4-5-6-7-8-9-10-11-12-13-29(33)35-28-15-14-22-21-18-25(32)24-19-26-27(34-26)20-31(24,3)23(21)16-17-30(22,28)2/h21-24,26-28H,4-20H2,1-3H3/t21-,22-,23-,24+,26-,27+,28-,30-,31+/m0/s1. The van der Waals surface area contributed by atoms with Gasteiger partial charge in [-0.05, 0) is 68.1 Å². The first-order chi connectivity index (χ1) is 16.9. The number of epoxide rings is 1. The van der Waals surface area contributed by atoms with Crippen molar-refractivity contribution in [2.45, 2.75) is 148 Å². The van der Waals surface area contributed by atoms with Crippen molar-refractivity contribution in [2.24, 2.45) is 34.5 Å². The minimum absolute atomic E-state index is 0.0119. The van der Waals surface area contributed by atoms with Gasteiger partial charge >= 0.3 is 5.97 Å². The van der Waals surface area contributed by atoms with Crippen molar-refractivity contribution in [1.29, 1.82) is 0 Å². The van der Waals surface area contributed by atoms with E-state index < -0.39 is 0 Å². The SMILES string of the molecule is CCCCCCCCCCCC(=O)O[C@H]1CC[C@H]2[C@@H]3CC(=O)[C@H]4C[C@@H]5O[C@@H]5C[C@]4(C)[C@H]3CC[C@]12C. The van der Waals surface area contributed by atoms with Gasteiger partial charge in [-0.15, -0.1) is 0 Å². The number of carbonyl (C=O) groups is 2. The zero-order valence-electron chi connectivity index (χ0n) is 22.7. The molecule has 4 nitrogen and oxygen atoms in total. The minimum Gasteiger partial charge on any atom is -0.462 e. The number of ether oxygens (including phenoxy) is 2. The van der Waals surface area contributed by atoms with Gasteiger partial charge in [-0.2, -0.15) is 0 Å². The van der Waals surface area contributed by atoms with Crippen LogP contribution in [0.15, 0.2) is 0 Å². The molecule has 0 aromatic heterocycles. The summed E-state index contributed by atoms with van der Waals surface area (Å²) in [5.74, 6) is 2.34. The number of rotatable bonds is 11. The lowest BCUT2D eigenvalue weighted by molar-refractivity contribution is -0.167. The lowest BCUT2D eigenvalue weighted by Gasteiger charge is -2.58. The fraction of sp³-hybridized carbons (Fsp3) is 0.935. The summed E-state index contributed by atoms with van der Waals surface area (Å²) in [5.41, 5.74) is 0.163. The summed E-state index contributed by atoms with van der Waals surface area (Å²) >= 11 is 0. The zero-order valence-corrected chi connectivity index (χ0v) is 22.7. The highest BCUT2D eigenvalue weighted by molar-refractivity contribution is 5.83. The third-order valence-corrected chi connectivity index (χ3v) is 11.4. The molecule has 35 heavy (non-hydrogen) atoms. The van der Waals surface area contributed by atoms with Gasteiger partial charge in [0.05, 0.1) is 12.2 Å². The van der Waals surface area contributed by atoms with Crippen molar-refractivity contribution in [3.63, 3.8) is 0 Å². The van der Waals surface area contributed by atoms with E-state index in [1.54, 1.807) is 0 Å². The topological polar surface area (TPSA) is 55.9 Å². The Morgan fingerprint density at radius 3 is 2.34 bits per heavy atom. The lowest BCUT2D eigenvalue weighted by Crippen LogP contribution is -2.57. The molecule has 4 heteroatoms. The molecule has 0 N–H and O–H groups in total. The van der Waals surface area contributed by atoms with E-state index in [2.05, 4.69) is 20.8 Å². The first-order valence-electron chi connectivity index (χ1n) is 15.2. The Bertz CT molecular complexity index is 778. The third-order valence-electron chi connectivity index (χ3n) is 11.4. The molecule has 198 valence electrons. The van der Waals surface area contributed by atoms with E-state index in [9.17, 15) is 9.59 Å². The maximum absolute atomic E-state index is 13.3. The zero-order chi connectivity index (χ0) is 24.6. The second-order valence-corrected chi connectivity index (χ2v) is 13.4. The monoisotopic (exact) mass is 486 g/mol. The van der Waals surface area contributed by atoms with Gasteiger partial charge in [0.15, 0.2) is 0 Å². The van der Waals surface area contributed by atoms with Crippen molar-refractivity contribution in [3.05, 3.63) is 0 Å². The lowest BCUT2D eigenvalue weighted by atomic mass is 9.45. The van der Waals surface area contributed by atoms with Crippen molar-refractivity contribution in [3.8, 4) is 0 Å². The largest absolute Gasteiger partial charge is 0.462 e.